The van der Waals surface area contributed by atoms with Gasteiger partial charge in [0, 0.05) is 12.6 Å². The number of anilines is 1. The Kier molecular flexibility index (Phi) is 7.89. The van der Waals surface area contributed by atoms with Gasteiger partial charge in [-0.15, -0.1) is 0 Å². The molecule has 0 spiro atoms. The van der Waals surface area contributed by atoms with Crippen LogP contribution in [0.4, 0.5) is 5.69 Å². The molecule has 0 aliphatic heterocycles. The minimum absolute atomic E-state index is 0.193. The highest BCUT2D eigenvalue weighted by molar-refractivity contribution is 7.92. The van der Waals surface area contributed by atoms with Gasteiger partial charge in [0.05, 0.1) is 16.8 Å². The molecule has 5 rings (SSSR count). The second-order valence-electron chi connectivity index (χ2n) is 9.03. The van der Waals surface area contributed by atoms with E-state index in [2.05, 4.69) is 34.8 Å². The van der Waals surface area contributed by atoms with Crippen LogP contribution in [-0.2, 0) is 16.6 Å². The number of fused-ring (bicyclic) bond motifs is 1. The van der Waals surface area contributed by atoms with E-state index in [0.717, 1.165) is 16.9 Å². The maximum Gasteiger partial charge on any atom is 0.271 e. The van der Waals surface area contributed by atoms with Crippen molar-refractivity contribution in [3.63, 3.8) is 0 Å². The SMILES string of the molecule is CN(c1ccc(C(=O)N/N=C\c2ccc(OCc3cccc4ccccc34)cc2)cc1)S(=O)(=O)c1ccccc1. The summed E-state index contributed by atoms with van der Waals surface area (Å²) in [6.45, 7) is 0.456. The molecule has 7 nitrogen and oxygen atoms in total. The number of carbonyl (C=O) groups is 1. The van der Waals surface area contributed by atoms with E-state index in [-0.39, 0.29) is 4.90 Å². The molecule has 0 saturated carbocycles. The van der Waals surface area contributed by atoms with E-state index in [4.69, 9.17) is 4.74 Å². The van der Waals surface area contributed by atoms with Crippen LogP contribution >= 0.6 is 0 Å². The third-order valence-electron chi connectivity index (χ3n) is 6.43. The van der Waals surface area contributed by atoms with Crippen LogP contribution in [0.2, 0.25) is 0 Å². The number of hydrogen-bond donors (Lipinski definition) is 1. The van der Waals surface area contributed by atoms with Crippen molar-refractivity contribution in [1.29, 1.82) is 0 Å². The predicted molar refractivity (Wildman–Crippen MR) is 158 cm³/mol. The maximum absolute atomic E-state index is 12.8. The first-order valence-corrected chi connectivity index (χ1v) is 14.0. The summed E-state index contributed by atoms with van der Waals surface area (Å²) in [6.07, 6.45) is 1.54. The van der Waals surface area contributed by atoms with Gasteiger partial charge in [-0.2, -0.15) is 5.10 Å². The van der Waals surface area contributed by atoms with Gasteiger partial charge in [0.2, 0.25) is 0 Å². The summed E-state index contributed by atoms with van der Waals surface area (Å²) in [5.41, 5.74) is 5.19. The molecule has 200 valence electrons. The van der Waals surface area contributed by atoms with Crippen LogP contribution in [0.1, 0.15) is 21.5 Å². The highest BCUT2D eigenvalue weighted by Gasteiger charge is 2.21. The lowest BCUT2D eigenvalue weighted by molar-refractivity contribution is 0.0955. The number of carbonyl (C=O) groups excluding carboxylic acids is 1. The molecule has 40 heavy (non-hydrogen) atoms. The van der Waals surface area contributed by atoms with E-state index in [0.29, 0.717) is 17.9 Å². The van der Waals surface area contributed by atoms with Gasteiger partial charge in [-0.05, 0) is 82.6 Å². The number of nitrogens with zero attached hydrogens (tertiary/aromatic N) is 2. The standard InChI is InChI=1S/C32H27N3O4S/c1-35(40(37,38)30-11-3-2-4-12-30)28-18-16-26(17-19-28)32(36)34-33-22-24-14-20-29(21-15-24)39-23-27-10-7-9-25-8-5-6-13-31(25)27/h2-22H,23H2,1H3,(H,34,36)/b33-22-. The average molecular weight is 550 g/mol. The number of benzene rings is 5. The average Bonchev–Trinajstić information content (AvgIpc) is 3.00. The number of ether oxygens (including phenoxy) is 1. The molecular formula is C32H27N3O4S. The normalized spacial score (nSPS) is 11.4. The molecule has 0 atom stereocenters. The van der Waals surface area contributed by atoms with Gasteiger partial charge in [-0.1, -0.05) is 60.7 Å². The summed E-state index contributed by atoms with van der Waals surface area (Å²) in [4.78, 5) is 12.7. The molecule has 5 aromatic carbocycles. The van der Waals surface area contributed by atoms with Crippen LogP contribution in [-0.4, -0.2) is 27.6 Å². The summed E-state index contributed by atoms with van der Waals surface area (Å²) in [7, 11) is -2.23. The minimum Gasteiger partial charge on any atom is -0.489 e. The molecule has 5 aromatic rings. The number of nitrogens with one attached hydrogen (secondary N) is 1. The smallest absolute Gasteiger partial charge is 0.271 e. The lowest BCUT2D eigenvalue weighted by Crippen LogP contribution is -2.26. The van der Waals surface area contributed by atoms with Crippen LogP contribution in [0.25, 0.3) is 10.8 Å². The Morgan fingerprint density at radius 2 is 1.50 bits per heavy atom. The first kappa shape index (κ1) is 26.6. The third kappa shape index (κ3) is 6.03. The molecule has 0 aromatic heterocycles. The zero-order valence-corrected chi connectivity index (χ0v) is 22.6. The van der Waals surface area contributed by atoms with E-state index in [1.807, 2.05) is 42.5 Å². The molecule has 0 bridgehead atoms. The van der Waals surface area contributed by atoms with Crippen LogP contribution in [0, 0.1) is 0 Å². The Morgan fingerprint density at radius 3 is 2.25 bits per heavy atom. The Morgan fingerprint density at radius 1 is 0.825 bits per heavy atom. The van der Waals surface area contributed by atoms with Crippen LogP contribution in [0.15, 0.2) is 131 Å². The number of rotatable bonds is 9. The largest absolute Gasteiger partial charge is 0.489 e. The molecule has 8 heteroatoms. The number of hydrogen-bond acceptors (Lipinski definition) is 5. The van der Waals surface area contributed by atoms with Crippen molar-refractivity contribution in [3.8, 4) is 5.75 Å². The van der Waals surface area contributed by atoms with Crippen molar-refractivity contribution in [1.82, 2.24) is 5.43 Å². The molecule has 0 radical (unpaired) electrons. The van der Waals surface area contributed by atoms with Crippen LogP contribution in [0.5, 0.6) is 5.75 Å². The van der Waals surface area contributed by atoms with Crippen LogP contribution < -0.4 is 14.5 Å². The molecule has 0 saturated heterocycles. The second-order valence-corrected chi connectivity index (χ2v) is 11.0. The van der Waals surface area contributed by atoms with Crippen molar-refractivity contribution in [2.45, 2.75) is 11.5 Å². The molecule has 0 aliphatic carbocycles. The summed E-state index contributed by atoms with van der Waals surface area (Å²) in [6, 6.07) is 36.2. The second kappa shape index (κ2) is 11.8. The fourth-order valence-corrected chi connectivity index (χ4v) is 5.39. The quantitative estimate of drug-likeness (QED) is 0.180. The van der Waals surface area contributed by atoms with Crippen molar-refractivity contribution in [3.05, 3.63) is 138 Å². The van der Waals surface area contributed by atoms with E-state index in [1.165, 1.54) is 22.1 Å². The Bertz CT molecular complexity index is 1750. The molecular weight excluding hydrogens is 522 g/mol. The van der Waals surface area contributed by atoms with Gasteiger partial charge < -0.3 is 4.74 Å². The molecule has 0 aliphatic rings. The lowest BCUT2D eigenvalue weighted by atomic mass is 10.1. The zero-order chi connectivity index (χ0) is 28.0. The maximum atomic E-state index is 12.8. The van der Waals surface area contributed by atoms with Crippen LogP contribution in [0.3, 0.4) is 0 Å². The Hall–Kier alpha value is -4.95. The Labute approximate surface area is 233 Å². The van der Waals surface area contributed by atoms with Gasteiger partial charge >= 0.3 is 0 Å². The predicted octanol–water partition coefficient (Wildman–Crippen LogP) is 6.01. The zero-order valence-electron chi connectivity index (χ0n) is 21.8. The monoisotopic (exact) mass is 549 g/mol. The fraction of sp³-hybridized carbons (Fsp3) is 0.0625. The summed E-state index contributed by atoms with van der Waals surface area (Å²) in [5.74, 6) is 0.319. The van der Waals surface area contributed by atoms with E-state index < -0.39 is 15.9 Å². The van der Waals surface area contributed by atoms with Gasteiger partial charge in [0.25, 0.3) is 15.9 Å². The van der Waals surface area contributed by atoms with E-state index in [9.17, 15) is 13.2 Å². The third-order valence-corrected chi connectivity index (χ3v) is 8.23. The first-order chi connectivity index (χ1) is 19.4. The highest BCUT2D eigenvalue weighted by atomic mass is 32.2. The fourth-order valence-electron chi connectivity index (χ4n) is 4.17. The van der Waals surface area contributed by atoms with E-state index in [1.54, 1.807) is 60.8 Å². The van der Waals surface area contributed by atoms with E-state index >= 15 is 0 Å². The molecule has 0 heterocycles. The number of sulfonamides is 1. The molecule has 0 fully saturated rings. The molecule has 0 unspecified atom stereocenters. The van der Waals surface area contributed by atoms with Crippen molar-refractivity contribution < 1.29 is 17.9 Å². The summed E-state index contributed by atoms with van der Waals surface area (Å²) < 4.78 is 32.8. The van der Waals surface area contributed by atoms with Crippen molar-refractivity contribution in [2.24, 2.45) is 5.10 Å². The Balaban J connectivity index is 1.15. The highest BCUT2D eigenvalue weighted by Crippen LogP contribution is 2.23. The van der Waals surface area contributed by atoms with Crippen molar-refractivity contribution in [2.75, 3.05) is 11.4 Å². The number of amides is 1. The van der Waals surface area contributed by atoms with Gasteiger partial charge in [0.15, 0.2) is 0 Å². The molecule has 1 amide bonds. The van der Waals surface area contributed by atoms with Gasteiger partial charge in [-0.25, -0.2) is 13.8 Å². The topological polar surface area (TPSA) is 88.1 Å². The first-order valence-electron chi connectivity index (χ1n) is 12.6. The molecule has 1 N–H and O–H groups in total. The summed E-state index contributed by atoms with van der Waals surface area (Å²) in [5, 5.41) is 6.39. The van der Waals surface area contributed by atoms with Gasteiger partial charge in [-0.3, -0.25) is 9.10 Å². The minimum atomic E-state index is -3.70. The number of hydrazone groups is 1. The lowest BCUT2D eigenvalue weighted by Gasteiger charge is -2.19. The van der Waals surface area contributed by atoms with Gasteiger partial charge in [0.1, 0.15) is 12.4 Å². The summed E-state index contributed by atoms with van der Waals surface area (Å²) >= 11 is 0. The van der Waals surface area contributed by atoms with Crippen molar-refractivity contribution >= 4 is 38.6 Å².